The molecule has 3 aromatic heterocycles. The average molecular weight is 335 g/mol. The predicted octanol–water partition coefficient (Wildman–Crippen LogP) is 2.75. The highest BCUT2D eigenvalue weighted by Crippen LogP contribution is 2.21. The van der Waals surface area contributed by atoms with Crippen LogP contribution < -0.4 is 5.56 Å². The molecule has 114 valence electrons. The molecule has 0 fully saturated rings. The molecule has 0 aliphatic carbocycles. The number of hydrogen-bond donors (Lipinski definition) is 0. The molecule has 0 saturated carbocycles. The van der Waals surface area contributed by atoms with Crippen molar-refractivity contribution in [3.8, 4) is 0 Å². The van der Waals surface area contributed by atoms with Crippen molar-refractivity contribution in [3.63, 3.8) is 0 Å². The van der Waals surface area contributed by atoms with Crippen LogP contribution in [-0.2, 0) is 4.74 Å². The zero-order valence-electron chi connectivity index (χ0n) is 12.2. The smallest absolute Gasteiger partial charge is 0.346 e. The lowest BCUT2D eigenvalue weighted by molar-refractivity contribution is 0.0334. The summed E-state index contributed by atoms with van der Waals surface area (Å²) in [5.74, 6) is -0.683. The molecule has 0 aliphatic heterocycles. The minimum atomic E-state index is -0.683. The molecule has 0 N–H and O–H groups in total. The molecule has 0 spiro atoms. The highest BCUT2D eigenvalue weighted by atomic mass is 32.1. The highest BCUT2D eigenvalue weighted by molar-refractivity contribution is 7.17. The van der Waals surface area contributed by atoms with Crippen molar-refractivity contribution >= 4 is 33.6 Å². The molecule has 0 bridgehead atoms. The lowest BCUT2D eigenvalue weighted by Crippen LogP contribution is -2.24. The van der Waals surface area contributed by atoms with Crippen LogP contribution in [0.2, 0.25) is 0 Å². The normalized spacial score (nSPS) is 12.5. The second-order valence-corrected chi connectivity index (χ2v) is 6.86. The van der Waals surface area contributed by atoms with E-state index >= 15 is 0 Å². The van der Waals surface area contributed by atoms with Crippen molar-refractivity contribution in [2.75, 3.05) is 0 Å². The second kappa shape index (κ2) is 5.62. The summed E-state index contributed by atoms with van der Waals surface area (Å²) in [6, 6.07) is 0. The quantitative estimate of drug-likeness (QED) is 0.688. The van der Waals surface area contributed by atoms with Gasteiger partial charge >= 0.3 is 5.97 Å². The Morgan fingerprint density at radius 2 is 2.14 bits per heavy atom. The Bertz CT molecular complexity index is 896. The van der Waals surface area contributed by atoms with Crippen molar-refractivity contribution in [1.29, 1.82) is 0 Å². The van der Waals surface area contributed by atoms with Gasteiger partial charge in [0.05, 0.1) is 6.20 Å². The van der Waals surface area contributed by atoms with E-state index in [1.54, 1.807) is 18.5 Å². The summed E-state index contributed by atoms with van der Waals surface area (Å²) in [5, 5.41) is 2.49. The maximum absolute atomic E-state index is 12.5. The monoisotopic (exact) mass is 335 g/mol. The molecule has 0 aliphatic rings. The van der Waals surface area contributed by atoms with Crippen LogP contribution in [-0.4, -0.2) is 20.3 Å². The number of rotatable bonds is 3. The van der Waals surface area contributed by atoms with Crippen molar-refractivity contribution in [1.82, 2.24) is 14.4 Å². The maximum atomic E-state index is 12.5. The summed E-state index contributed by atoms with van der Waals surface area (Å²) >= 11 is 2.81. The van der Waals surface area contributed by atoms with E-state index in [0.717, 1.165) is 10.6 Å². The first kappa shape index (κ1) is 14.9. The number of hydrogen-bond acceptors (Lipinski definition) is 7. The predicted molar refractivity (Wildman–Crippen MR) is 84.8 cm³/mol. The number of ether oxygens (including phenoxy) is 1. The van der Waals surface area contributed by atoms with Gasteiger partial charge in [-0.05, 0) is 20.8 Å². The summed E-state index contributed by atoms with van der Waals surface area (Å²) in [6.45, 7) is 5.46. The third kappa shape index (κ3) is 2.44. The van der Waals surface area contributed by atoms with Gasteiger partial charge < -0.3 is 4.74 Å². The SMILES string of the molecule is Cc1sc2ncc(C(=O)O[C@@H](C)c3nccs3)c(=O)n2c1C. The number of nitrogens with zero attached hydrogens (tertiary/aromatic N) is 3. The van der Waals surface area contributed by atoms with E-state index in [-0.39, 0.29) is 5.56 Å². The molecular formula is C14H13N3O3S2. The zero-order chi connectivity index (χ0) is 15.9. The van der Waals surface area contributed by atoms with Crippen molar-refractivity contribution < 1.29 is 9.53 Å². The summed E-state index contributed by atoms with van der Waals surface area (Å²) in [4.78, 5) is 34.6. The zero-order valence-corrected chi connectivity index (χ0v) is 13.8. The van der Waals surface area contributed by atoms with E-state index < -0.39 is 17.6 Å². The fraction of sp³-hybridized carbons (Fsp3) is 0.286. The molecule has 6 nitrogen and oxygen atoms in total. The molecule has 3 rings (SSSR count). The number of fused-ring (bicyclic) bond motifs is 1. The lowest BCUT2D eigenvalue weighted by Gasteiger charge is -2.10. The van der Waals surface area contributed by atoms with Gasteiger partial charge in [-0.3, -0.25) is 9.20 Å². The molecule has 0 radical (unpaired) electrons. The molecule has 8 heteroatoms. The Balaban J connectivity index is 1.96. The molecular weight excluding hydrogens is 322 g/mol. The number of aryl methyl sites for hydroxylation is 2. The van der Waals surface area contributed by atoms with Crippen LogP contribution in [0.5, 0.6) is 0 Å². The molecule has 3 aromatic rings. The fourth-order valence-corrected chi connectivity index (χ4v) is 3.58. The molecule has 0 unspecified atom stereocenters. The largest absolute Gasteiger partial charge is 0.451 e. The van der Waals surface area contributed by atoms with Crippen molar-refractivity contribution in [3.05, 3.63) is 49.3 Å². The standard InChI is InChI=1S/C14H13N3O3S2/c1-7-9(3)22-14-16-6-10(12(18)17(7)14)13(19)20-8(2)11-15-4-5-21-11/h4-6,8H,1-3H3/t8-/m0/s1. The van der Waals surface area contributed by atoms with Gasteiger partial charge in [-0.25, -0.2) is 14.8 Å². The number of esters is 1. The minimum absolute atomic E-state index is 0.0678. The van der Waals surface area contributed by atoms with Crippen molar-refractivity contribution in [2.45, 2.75) is 26.9 Å². The van der Waals surface area contributed by atoms with Crippen LogP contribution in [0.1, 0.15) is 39.0 Å². The van der Waals surface area contributed by atoms with E-state index in [2.05, 4.69) is 9.97 Å². The second-order valence-electron chi connectivity index (χ2n) is 4.76. The Hall–Kier alpha value is -2.06. The summed E-state index contributed by atoms with van der Waals surface area (Å²) in [6.07, 6.45) is 2.42. The molecule has 1 atom stereocenters. The van der Waals surface area contributed by atoms with Gasteiger partial charge in [0.2, 0.25) is 0 Å². The average Bonchev–Trinajstić information content (AvgIpc) is 3.09. The summed E-state index contributed by atoms with van der Waals surface area (Å²) in [5.41, 5.74) is 0.324. The number of carbonyl (C=O) groups excluding carboxylic acids is 1. The van der Waals surface area contributed by atoms with Crippen LogP contribution in [0.3, 0.4) is 0 Å². The van der Waals surface area contributed by atoms with E-state index in [1.807, 2.05) is 13.8 Å². The molecule has 0 saturated heterocycles. The van der Waals surface area contributed by atoms with E-state index in [9.17, 15) is 9.59 Å². The summed E-state index contributed by atoms with van der Waals surface area (Å²) < 4.78 is 6.77. The van der Waals surface area contributed by atoms with Crippen LogP contribution in [0.15, 0.2) is 22.6 Å². The lowest BCUT2D eigenvalue weighted by atomic mass is 10.3. The van der Waals surface area contributed by atoms with Gasteiger partial charge in [0.25, 0.3) is 5.56 Å². The highest BCUT2D eigenvalue weighted by Gasteiger charge is 2.21. The van der Waals surface area contributed by atoms with Crippen LogP contribution in [0.25, 0.3) is 4.96 Å². The summed E-state index contributed by atoms with van der Waals surface area (Å²) in [7, 11) is 0. The number of thiazole rings is 2. The van der Waals surface area contributed by atoms with Crippen molar-refractivity contribution in [2.24, 2.45) is 0 Å². The first-order valence-electron chi connectivity index (χ1n) is 6.57. The third-order valence-electron chi connectivity index (χ3n) is 3.32. The van der Waals surface area contributed by atoms with Gasteiger partial charge in [-0.2, -0.15) is 0 Å². The van der Waals surface area contributed by atoms with E-state index in [4.69, 9.17) is 4.74 Å². The first-order valence-corrected chi connectivity index (χ1v) is 8.26. The van der Waals surface area contributed by atoms with E-state index in [1.165, 1.54) is 33.3 Å². The topological polar surface area (TPSA) is 73.6 Å². The third-order valence-corrected chi connectivity index (χ3v) is 5.33. The van der Waals surface area contributed by atoms with Gasteiger partial charge in [0.15, 0.2) is 11.1 Å². The van der Waals surface area contributed by atoms with E-state index in [0.29, 0.717) is 9.97 Å². The molecule has 22 heavy (non-hydrogen) atoms. The van der Waals surface area contributed by atoms with Crippen LogP contribution in [0, 0.1) is 13.8 Å². The van der Waals surface area contributed by atoms with Gasteiger partial charge in [-0.15, -0.1) is 22.7 Å². The maximum Gasteiger partial charge on any atom is 0.346 e. The number of aromatic nitrogens is 3. The van der Waals surface area contributed by atoms with Gasteiger partial charge in [0.1, 0.15) is 10.6 Å². The van der Waals surface area contributed by atoms with Crippen LogP contribution in [0.4, 0.5) is 0 Å². The Labute approximate surface area is 134 Å². The molecule has 0 aromatic carbocycles. The first-order chi connectivity index (χ1) is 10.5. The van der Waals surface area contributed by atoms with Gasteiger partial charge in [0, 0.05) is 22.1 Å². The molecule has 3 heterocycles. The Kier molecular flexibility index (Phi) is 3.79. The Morgan fingerprint density at radius 3 is 2.82 bits per heavy atom. The Morgan fingerprint density at radius 1 is 1.36 bits per heavy atom. The minimum Gasteiger partial charge on any atom is -0.451 e. The molecule has 0 amide bonds. The van der Waals surface area contributed by atoms with Crippen LogP contribution >= 0.6 is 22.7 Å². The number of carbonyl (C=O) groups is 1. The fourth-order valence-electron chi connectivity index (χ4n) is 2.03. The van der Waals surface area contributed by atoms with Gasteiger partial charge in [-0.1, -0.05) is 0 Å².